The van der Waals surface area contributed by atoms with Crippen LogP contribution in [0.3, 0.4) is 0 Å². The highest BCUT2D eigenvalue weighted by atomic mass is 79.9. The topological polar surface area (TPSA) is 76.8 Å². The predicted octanol–water partition coefficient (Wildman–Crippen LogP) is 0.898. The highest BCUT2D eigenvalue weighted by molar-refractivity contribution is 9.10. The molecule has 1 aliphatic heterocycles. The number of nitrogens with two attached hydrogens (primary N) is 1. The van der Waals surface area contributed by atoms with Crippen molar-refractivity contribution in [2.45, 2.75) is 18.8 Å². The van der Waals surface area contributed by atoms with Gasteiger partial charge in [0.2, 0.25) is 0 Å². The molecule has 1 aromatic carbocycles. The second-order valence-electron chi connectivity index (χ2n) is 5.02. The van der Waals surface area contributed by atoms with E-state index in [4.69, 9.17) is 15.3 Å². The molecule has 1 aromatic rings. The first-order valence-corrected chi connectivity index (χ1v) is 7.45. The lowest BCUT2D eigenvalue weighted by molar-refractivity contribution is -0.00461. The Balaban J connectivity index is 2.05. The molecule has 1 fully saturated rings. The minimum Gasteiger partial charge on any atom is -0.377 e. The summed E-state index contributed by atoms with van der Waals surface area (Å²) in [7, 11) is 3.41. The number of hydrogen-bond acceptors (Lipinski definition) is 5. The first-order chi connectivity index (χ1) is 10.1. The Morgan fingerprint density at radius 2 is 2.00 bits per heavy atom. The molecule has 6 nitrogen and oxygen atoms in total. The van der Waals surface area contributed by atoms with Gasteiger partial charge in [-0.1, -0.05) is 22.0 Å². The lowest BCUT2D eigenvalue weighted by Gasteiger charge is -2.16. The van der Waals surface area contributed by atoms with Crippen LogP contribution >= 0.6 is 15.9 Å². The van der Waals surface area contributed by atoms with Gasteiger partial charge in [0.25, 0.3) is 5.91 Å². The minimum absolute atomic E-state index is 0.0936. The molecule has 2 rings (SSSR count). The lowest BCUT2D eigenvalue weighted by Crippen LogP contribution is -2.30. The van der Waals surface area contributed by atoms with Gasteiger partial charge in [-0.05, 0) is 17.7 Å². The summed E-state index contributed by atoms with van der Waals surface area (Å²) in [5.74, 6) is 4.83. The zero-order valence-corrected chi connectivity index (χ0v) is 13.7. The van der Waals surface area contributed by atoms with Crippen LogP contribution in [0.1, 0.15) is 15.9 Å². The van der Waals surface area contributed by atoms with E-state index < -0.39 is 0 Å². The van der Waals surface area contributed by atoms with Crippen molar-refractivity contribution in [1.82, 2.24) is 10.3 Å². The molecule has 116 valence electrons. The van der Waals surface area contributed by atoms with E-state index in [0.29, 0.717) is 5.56 Å². The van der Waals surface area contributed by atoms with Gasteiger partial charge in [-0.15, -0.1) is 0 Å². The number of ether oxygens (including phenoxy) is 2. The van der Waals surface area contributed by atoms with Crippen LogP contribution in [0.5, 0.6) is 0 Å². The monoisotopic (exact) mass is 357 g/mol. The highest BCUT2D eigenvalue weighted by Gasteiger charge is 2.32. The molecule has 0 radical (unpaired) electrons. The normalized spacial score (nSPS) is 22.5. The largest absolute Gasteiger partial charge is 0.377 e. The Labute approximate surface area is 132 Å². The van der Waals surface area contributed by atoms with Crippen molar-refractivity contribution in [3.63, 3.8) is 0 Å². The van der Waals surface area contributed by atoms with E-state index >= 15 is 0 Å². The molecule has 3 N–H and O–H groups in total. The summed E-state index contributed by atoms with van der Waals surface area (Å²) in [5, 5.41) is 0. The second-order valence-corrected chi connectivity index (χ2v) is 5.88. The quantitative estimate of drug-likeness (QED) is 0.465. The highest BCUT2D eigenvalue weighted by Crippen LogP contribution is 2.23. The van der Waals surface area contributed by atoms with Crippen molar-refractivity contribution in [3.8, 4) is 0 Å². The fourth-order valence-corrected chi connectivity index (χ4v) is 3.05. The first kappa shape index (κ1) is 16.4. The molecule has 7 heteroatoms. The molecule has 2 unspecified atom stereocenters. The summed E-state index contributed by atoms with van der Waals surface area (Å²) in [6, 6.07) is 5.46. The summed E-state index contributed by atoms with van der Waals surface area (Å²) in [4.78, 5) is 13.8. The third kappa shape index (κ3) is 3.81. The van der Waals surface area contributed by atoms with Crippen molar-refractivity contribution in [1.29, 1.82) is 0 Å². The number of amides is 1. The number of rotatable bonds is 5. The van der Waals surface area contributed by atoms with Gasteiger partial charge in [-0.2, -0.15) is 0 Å². The van der Waals surface area contributed by atoms with E-state index in [0.717, 1.165) is 29.7 Å². The van der Waals surface area contributed by atoms with Gasteiger partial charge in [0, 0.05) is 43.9 Å². The van der Waals surface area contributed by atoms with Crippen LogP contribution < -0.4 is 11.3 Å². The fourth-order valence-electron chi connectivity index (χ4n) is 2.54. The van der Waals surface area contributed by atoms with Crippen molar-refractivity contribution < 1.29 is 14.3 Å². The van der Waals surface area contributed by atoms with Crippen molar-refractivity contribution in [2.24, 2.45) is 5.84 Å². The molecule has 0 spiro atoms. The van der Waals surface area contributed by atoms with Crippen molar-refractivity contribution in [3.05, 3.63) is 33.8 Å². The molecule has 0 saturated carbocycles. The number of hydrogen-bond donors (Lipinski definition) is 2. The number of carbonyl (C=O) groups excluding carboxylic acids is 1. The summed E-state index contributed by atoms with van der Waals surface area (Å²) < 4.78 is 11.8. The summed E-state index contributed by atoms with van der Waals surface area (Å²) in [5.41, 5.74) is 3.76. The van der Waals surface area contributed by atoms with Crippen LogP contribution in [0.4, 0.5) is 0 Å². The number of methoxy groups -OCH3 is 2. The number of nitrogens with zero attached hydrogens (tertiary/aromatic N) is 1. The molecule has 0 bridgehead atoms. The second kappa shape index (κ2) is 7.33. The Hall–Kier alpha value is -0.990. The number of hydrazine groups is 1. The molecule has 1 aliphatic rings. The van der Waals surface area contributed by atoms with Gasteiger partial charge >= 0.3 is 0 Å². The number of halogens is 1. The van der Waals surface area contributed by atoms with Crippen LogP contribution in [-0.2, 0) is 16.0 Å². The molecular weight excluding hydrogens is 338 g/mol. The van der Waals surface area contributed by atoms with Gasteiger partial charge in [0.15, 0.2) is 0 Å². The summed E-state index contributed by atoms with van der Waals surface area (Å²) in [6.45, 7) is 2.42. The molecule has 2 atom stereocenters. The van der Waals surface area contributed by atoms with Crippen LogP contribution in [-0.4, -0.2) is 50.3 Å². The number of benzene rings is 1. The van der Waals surface area contributed by atoms with Gasteiger partial charge in [-0.3, -0.25) is 15.1 Å². The number of carbonyl (C=O) groups is 1. The van der Waals surface area contributed by atoms with E-state index in [9.17, 15) is 4.79 Å². The molecular formula is C14H20BrN3O3. The Kier molecular flexibility index (Phi) is 5.72. The average Bonchev–Trinajstić information content (AvgIpc) is 2.90. The third-order valence-corrected chi connectivity index (χ3v) is 4.47. The van der Waals surface area contributed by atoms with Crippen LogP contribution in [0.25, 0.3) is 0 Å². The number of likely N-dealkylation sites (tertiary alicyclic amines) is 1. The van der Waals surface area contributed by atoms with Crippen LogP contribution in [0.2, 0.25) is 0 Å². The van der Waals surface area contributed by atoms with Crippen molar-refractivity contribution in [2.75, 3.05) is 27.3 Å². The number of nitrogen functional groups attached to an aromatic ring is 1. The Bertz CT molecular complexity index is 500. The third-order valence-electron chi connectivity index (χ3n) is 3.74. The van der Waals surface area contributed by atoms with Crippen molar-refractivity contribution >= 4 is 21.8 Å². The van der Waals surface area contributed by atoms with E-state index in [-0.39, 0.29) is 18.1 Å². The SMILES string of the molecule is COC1CN(Cc2ccc(C(=O)NN)cc2Br)CC1OC. The van der Waals surface area contributed by atoms with Gasteiger partial charge in [0.1, 0.15) is 0 Å². The molecule has 0 aromatic heterocycles. The predicted molar refractivity (Wildman–Crippen MR) is 82.7 cm³/mol. The Morgan fingerprint density at radius 1 is 1.38 bits per heavy atom. The van der Waals surface area contributed by atoms with Gasteiger partial charge in [0.05, 0.1) is 12.2 Å². The maximum absolute atomic E-state index is 11.5. The molecule has 0 aliphatic carbocycles. The maximum Gasteiger partial charge on any atom is 0.265 e. The fraction of sp³-hybridized carbons (Fsp3) is 0.500. The van der Waals surface area contributed by atoms with E-state index in [1.165, 1.54) is 0 Å². The molecule has 1 saturated heterocycles. The minimum atomic E-state index is -0.303. The van der Waals surface area contributed by atoms with E-state index in [1.807, 2.05) is 6.07 Å². The Morgan fingerprint density at radius 3 is 2.48 bits per heavy atom. The molecule has 21 heavy (non-hydrogen) atoms. The smallest absolute Gasteiger partial charge is 0.265 e. The standard InChI is InChI=1S/C14H20BrN3O3/c1-20-12-7-18(8-13(12)21-2)6-10-4-3-9(5-11(10)15)14(19)17-16/h3-5,12-13H,6-8,16H2,1-2H3,(H,17,19). The van der Waals surface area contributed by atoms with Gasteiger partial charge in [-0.25, -0.2) is 5.84 Å². The molecule has 1 amide bonds. The molecule has 1 heterocycles. The average molecular weight is 358 g/mol. The van der Waals surface area contributed by atoms with Crippen LogP contribution in [0, 0.1) is 0 Å². The lowest BCUT2D eigenvalue weighted by atomic mass is 10.1. The van der Waals surface area contributed by atoms with Gasteiger partial charge < -0.3 is 9.47 Å². The zero-order valence-electron chi connectivity index (χ0n) is 12.1. The van der Waals surface area contributed by atoms with E-state index in [2.05, 4.69) is 26.3 Å². The maximum atomic E-state index is 11.5. The zero-order chi connectivity index (χ0) is 15.4. The van der Waals surface area contributed by atoms with E-state index in [1.54, 1.807) is 26.4 Å². The van der Waals surface area contributed by atoms with Crippen LogP contribution in [0.15, 0.2) is 22.7 Å². The summed E-state index contributed by atoms with van der Waals surface area (Å²) >= 11 is 3.51. The number of nitrogens with one attached hydrogen (secondary N) is 1. The summed E-state index contributed by atoms with van der Waals surface area (Å²) in [6.07, 6.45) is 0.187. The first-order valence-electron chi connectivity index (χ1n) is 6.66.